The van der Waals surface area contributed by atoms with Crippen LogP contribution in [-0.2, 0) is 90.9 Å². The van der Waals surface area contributed by atoms with Crippen LogP contribution in [0.2, 0.25) is 0 Å². The number of carbonyl (C=O) groups excluding carboxylic acids is 1. The lowest BCUT2D eigenvalue weighted by atomic mass is 10.1. The van der Waals surface area contributed by atoms with Gasteiger partial charge in [0.25, 0.3) is 0 Å². The lowest BCUT2D eigenvalue weighted by Crippen LogP contribution is -2.33. The molecule has 4 aromatic rings. The molecular formula is C56H60F20O18. The van der Waals surface area contributed by atoms with Gasteiger partial charge in [-0.25, -0.2) is 92.6 Å². The minimum Gasteiger partial charge on any atom is -0.459 e. The van der Waals surface area contributed by atoms with Gasteiger partial charge in [0.15, 0.2) is 106 Å². The Morgan fingerprint density at radius 2 is 0.511 bits per heavy atom. The van der Waals surface area contributed by atoms with Gasteiger partial charge in [-0.15, -0.1) is 0 Å². The van der Waals surface area contributed by atoms with Crippen molar-refractivity contribution < 1.29 is 174 Å². The van der Waals surface area contributed by atoms with Crippen molar-refractivity contribution in [2.24, 2.45) is 0 Å². The smallest absolute Gasteiger partial charge is 0.344 e. The third kappa shape index (κ3) is 24.7. The largest absolute Gasteiger partial charge is 0.459 e. The van der Waals surface area contributed by atoms with Gasteiger partial charge in [0, 0.05) is 0 Å². The van der Waals surface area contributed by atoms with Crippen LogP contribution in [-0.4, -0.2) is 185 Å². The third-order valence-electron chi connectivity index (χ3n) is 12.0. The molecule has 0 saturated heterocycles. The summed E-state index contributed by atoms with van der Waals surface area (Å²) in [6.07, 6.45) is -7.67. The van der Waals surface area contributed by atoms with Crippen LogP contribution in [0, 0.1) is 116 Å². The summed E-state index contributed by atoms with van der Waals surface area (Å²) in [4.78, 5) is 12.6. The zero-order chi connectivity index (χ0) is 69.8. The van der Waals surface area contributed by atoms with E-state index >= 15 is 0 Å². The quantitative estimate of drug-likeness (QED) is 0.0106. The fourth-order valence-corrected chi connectivity index (χ4v) is 7.40. The fraction of sp³-hybridized carbons (Fsp3) is 0.554. The molecule has 0 aliphatic carbocycles. The molecule has 0 heterocycles. The Bertz CT molecular complexity index is 2920. The first-order chi connectivity index (χ1) is 44.6. The molecule has 0 amide bonds. The normalized spacial score (nSPS) is 13.8. The first-order valence-electron chi connectivity index (χ1n) is 27.5. The summed E-state index contributed by atoms with van der Waals surface area (Å²) in [6.45, 7) is -6.89. The summed E-state index contributed by atoms with van der Waals surface area (Å²) in [7, 11) is 0. The van der Waals surface area contributed by atoms with Crippen LogP contribution in [0.4, 0.5) is 87.8 Å². The number of rotatable bonds is 47. The van der Waals surface area contributed by atoms with Gasteiger partial charge in [-0.3, -0.25) is 0 Å². The van der Waals surface area contributed by atoms with Crippen molar-refractivity contribution in [3.05, 3.63) is 139 Å². The number of aliphatic hydroxyl groups excluding tert-OH is 2. The number of halogens is 20. The molecule has 0 radical (unpaired) electrons. The minimum atomic E-state index is -2.54. The lowest BCUT2D eigenvalue weighted by Gasteiger charge is -2.23. The van der Waals surface area contributed by atoms with Crippen LogP contribution in [0.15, 0.2) is 0 Å². The number of hydrogen-bond donors (Lipinski definition) is 2. The molecule has 6 atom stereocenters. The summed E-state index contributed by atoms with van der Waals surface area (Å²) in [5.41, 5.74) is -5.70. The summed E-state index contributed by atoms with van der Waals surface area (Å²) in [5, 5.41) is 19.9. The zero-order valence-electron chi connectivity index (χ0n) is 49.2. The second-order valence-corrected chi connectivity index (χ2v) is 19.1. The molecule has 94 heavy (non-hydrogen) atoms. The van der Waals surface area contributed by atoms with Gasteiger partial charge in [-0.05, 0) is 13.8 Å². The highest BCUT2D eigenvalue weighted by molar-refractivity contribution is 5.90. The Morgan fingerprint density at radius 1 is 0.287 bits per heavy atom. The summed E-state index contributed by atoms with van der Waals surface area (Å²) < 4.78 is 355. The van der Waals surface area contributed by atoms with Gasteiger partial charge in [0.2, 0.25) is 23.3 Å². The highest BCUT2D eigenvalue weighted by Crippen LogP contribution is 2.28. The lowest BCUT2D eigenvalue weighted by molar-refractivity contribution is -0.196. The van der Waals surface area contributed by atoms with Gasteiger partial charge in [0.05, 0.1) is 162 Å². The molecule has 0 aromatic heterocycles. The van der Waals surface area contributed by atoms with Crippen molar-refractivity contribution in [2.75, 3.05) is 132 Å². The molecule has 2 N–H and O–H groups in total. The van der Waals surface area contributed by atoms with Crippen molar-refractivity contribution in [2.45, 2.75) is 70.7 Å². The Labute approximate surface area is 520 Å². The molecule has 0 spiro atoms. The van der Waals surface area contributed by atoms with Crippen molar-refractivity contribution >= 4 is 5.97 Å². The molecule has 532 valence electrons. The monoisotopic (exact) mass is 1400 g/mol. The van der Waals surface area contributed by atoms with Gasteiger partial charge in [-0.2, -0.15) is 0 Å². The molecule has 0 bridgehead atoms. The number of carbonyl (C=O) groups is 1. The van der Waals surface area contributed by atoms with Crippen molar-refractivity contribution in [1.29, 1.82) is 0 Å². The van der Waals surface area contributed by atoms with E-state index in [9.17, 15) is 103 Å². The van der Waals surface area contributed by atoms with E-state index in [0.717, 1.165) is 0 Å². The summed E-state index contributed by atoms with van der Waals surface area (Å²) in [6, 6.07) is 0. The Kier molecular flexibility index (Phi) is 35.6. The van der Waals surface area contributed by atoms with E-state index in [1.54, 1.807) is 0 Å². The van der Waals surface area contributed by atoms with E-state index in [1.807, 2.05) is 0 Å². The third-order valence-corrected chi connectivity index (χ3v) is 12.0. The van der Waals surface area contributed by atoms with E-state index in [2.05, 4.69) is 0 Å². The molecule has 0 aliphatic rings. The molecule has 0 fully saturated rings. The summed E-state index contributed by atoms with van der Waals surface area (Å²) >= 11 is 0. The minimum absolute atomic E-state index is 0.0971. The standard InChI is InChI=1S/C56H60F20O18/c1-26(93-30(21-89-25-34-40(61)48(69)54(75)49(70)41(34)62)19-85-9-5-80-3-7-83-15-28(77)17-87-23-32-36(57)44(65)52(73)45(66)37(32)58)90-13-11-82-12-14-91-27(2)94-31(22-92-56(79)35-42(63)50(71)55(76)51(72)43(35)64)20-86-10-6-81-4-8-84-16-29(78)18-88-24-33-38(59)46(67)53(74)47(68)39(33)60/h26-31,77-78H,3-25H2,1-2H3. The number of esters is 1. The molecular weight excluding hydrogens is 1340 g/mol. The Hall–Kier alpha value is -5.69. The van der Waals surface area contributed by atoms with Gasteiger partial charge >= 0.3 is 5.97 Å². The number of ether oxygens (including phenoxy) is 15. The van der Waals surface area contributed by atoms with Gasteiger partial charge in [-0.1, -0.05) is 0 Å². The van der Waals surface area contributed by atoms with E-state index in [1.165, 1.54) is 13.8 Å². The highest BCUT2D eigenvalue weighted by atomic mass is 19.2. The predicted octanol–water partition coefficient (Wildman–Crippen LogP) is 8.61. The van der Waals surface area contributed by atoms with Crippen molar-refractivity contribution in [3.8, 4) is 0 Å². The first-order valence-corrected chi connectivity index (χ1v) is 27.5. The van der Waals surface area contributed by atoms with Crippen molar-refractivity contribution in [3.63, 3.8) is 0 Å². The highest BCUT2D eigenvalue weighted by Gasteiger charge is 2.33. The molecule has 38 heteroatoms. The average Bonchev–Trinajstić information content (AvgIpc) is 0.823. The maximum atomic E-state index is 14.3. The SMILES string of the molecule is CC(OCCOCCOC(C)OC(COCCOCCOCC(O)COCc1c(F)c(F)c(F)c(F)c1F)COC(=O)c1c(F)c(F)c(F)c(F)c1F)OC(COCCOCCOCC(O)COCc1c(F)c(F)c(F)c(F)c1F)COCc1c(F)c(F)c(F)c(F)c1F. The van der Waals surface area contributed by atoms with Crippen molar-refractivity contribution in [1.82, 2.24) is 0 Å². The molecule has 0 aliphatic heterocycles. The topological polar surface area (TPSA) is 196 Å². The summed E-state index contributed by atoms with van der Waals surface area (Å²) in [5.74, 6) is -47.3. The van der Waals surface area contributed by atoms with Crippen LogP contribution in [0.3, 0.4) is 0 Å². The molecule has 18 nitrogen and oxygen atoms in total. The maximum Gasteiger partial charge on any atom is 0.344 e. The van der Waals surface area contributed by atoms with E-state index in [0.29, 0.717) is 0 Å². The van der Waals surface area contributed by atoms with Gasteiger partial charge in [0.1, 0.15) is 36.6 Å². The van der Waals surface area contributed by atoms with Crippen LogP contribution >= 0.6 is 0 Å². The molecule has 4 aromatic carbocycles. The average molecular weight is 1400 g/mol. The van der Waals surface area contributed by atoms with Gasteiger partial charge < -0.3 is 81.3 Å². The van der Waals surface area contributed by atoms with Crippen LogP contribution < -0.4 is 0 Å². The number of hydrogen-bond acceptors (Lipinski definition) is 18. The second-order valence-electron chi connectivity index (χ2n) is 19.1. The van der Waals surface area contributed by atoms with Crippen LogP contribution in [0.1, 0.15) is 40.9 Å². The van der Waals surface area contributed by atoms with E-state index in [4.69, 9.17) is 71.1 Å². The number of benzene rings is 4. The molecule has 0 saturated carbocycles. The predicted molar refractivity (Wildman–Crippen MR) is 272 cm³/mol. The Balaban J connectivity index is 1.17. The Morgan fingerprint density at radius 3 is 0.830 bits per heavy atom. The van der Waals surface area contributed by atoms with Crippen LogP contribution in [0.5, 0.6) is 0 Å². The second kappa shape index (κ2) is 41.4. The zero-order valence-corrected chi connectivity index (χ0v) is 49.2. The maximum absolute atomic E-state index is 14.3. The van der Waals surface area contributed by atoms with E-state index in [-0.39, 0.29) is 85.9 Å². The molecule has 4 rings (SSSR count). The number of aliphatic hydroxyl groups is 2. The van der Waals surface area contributed by atoms with Crippen LogP contribution in [0.25, 0.3) is 0 Å². The molecule has 6 unspecified atom stereocenters. The van der Waals surface area contributed by atoms with E-state index < -0.39 is 248 Å². The first kappa shape index (κ1) is 80.7. The fourth-order valence-electron chi connectivity index (χ4n) is 7.40.